The lowest BCUT2D eigenvalue weighted by atomic mass is 9.98. The van der Waals surface area contributed by atoms with E-state index >= 15 is 0 Å². The van der Waals surface area contributed by atoms with Crippen molar-refractivity contribution in [3.8, 4) is 0 Å². The number of hydrogen-bond acceptors (Lipinski definition) is 6. The molecule has 3 aromatic rings. The fourth-order valence-electron chi connectivity index (χ4n) is 3.99. The summed E-state index contributed by atoms with van der Waals surface area (Å²) in [4.78, 5) is 48.6. The second-order valence-corrected chi connectivity index (χ2v) is 8.40. The first-order valence-corrected chi connectivity index (χ1v) is 10.8. The molecule has 0 aliphatic heterocycles. The third kappa shape index (κ3) is 4.76. The highest BCUT2D eigenvalue weighted by Crippen LogP contribution is 2.34. The third-order valence-electron chi connectivity index (χ3n) is 6.05. The predicted molar refractivity (Wildman–Crippen MR) is 122 cm³/mol. The molecule has 2 heterocycles. The number of nitrogens with one attached hydrogen (secondary N) is 2. The predicted octanol–water partition coefficient (Wildman–Crippen LogP) is 2.74. The summed E-state index contributed by atoms with van der Waals surface area (Å²) in [5, 5.41) is 15.7. The van der Waals surface area contributed by atoms with Gasteiger partial charge in [-0.1, -0.05) is 20.3 Å². The molecule has 2 atom stereocenters. The maximum atomic E-state index is 12.6. The first-order chi connectivity index (χ1) is 15.5. The Hall–Kier alpha value is -3.62. The number of carbonyl (C=O) groups excluding carboxylic acids is 2. The van der Waals surface area contributed by atoms with Crippen LogP contribution >= 0.6 is 0 Å². The number of carboxylic acid groups (broad SMARTS) is 1. The Morgan fingerprint density at radius 3 is 2.42 bits per heavy atom. The molecular weight excluding hydrogens is 428 g/mol. The highest BCUT2D eigenvalue weighted by Gasteiger charge is 2.25. The van der Waals surface area contributed by atoms with Crippen LogP contribution in [0.5, 0.6) is 0 Å². The van der Waals surface area contributed by atoms with Crippen LogP contribution in [-0.4, -0.2) is 35.5 Å². The van der Waals surface area contributed by atoms with Crippen LogP contribution in [0.3, 0.4) is 0 Å². The highest BCUT2D eigenvalue weighted by atomic mass is 16.4. The van der Waals surface area contributed by atoms with Crippen LogP contribution in [0.25, 0.3) is 21.9 Å². The maximum absolute atomic E-state index is 12.6. The van der Waals surface area contributed by atoms with Crippen LogP contribution in [-0.2, 0) is 20.8 Å². The lowest BCUT2D eigenvalue weighted by Crippen LogP contribution is -2.48. The van der Waals surface area contributed by atoms with Crippen molar-refractivity contribution < 1.29 is 28.3 Å². The lowest BCUT2D eigenvalue weighted by molar-refractivity contribution is -0.143. The Kier molecular flexibility index (Phi) is 6.90. The van der Waals surface area contributed by atoms with Crippen molar-refractivity contribution in [3.63, 3.8) is 0 Å². The molecule has 0 spiro atoms. The number of aryl methyl sites for hydroxylation is 3. The van der Waals surface area contributed by atoms with Gasteiger partial charge in [0.1, 0.15) is 17.2 Å². The average molecular weight is 456 g/mol. The van der Waals surface area contributed by atoms with Crippen molar-refractivity contribution in [3.05, 3.63) is 45.0 Å². The molecule has 0 aliphatic rings. The molecule has 2 amide bonds. The van der Waals surface area contributed by atoms with E-state index in [9.17, 15) is 24.3 Å². The number of carboxylic acids is 1. The minimum absolute atomic E-state index is 0.169. The van der Waals surface area contributed by atoms with Crippen LogP contribution < -0.4 is 16.3 Å². The number of rotatable bonds is 8. The van der Waals surface area contributed by atoms with Crippen LogP contribution in [0, 0.1) is 26.7 Å². The Balaban J connectivity index is 1.79. The van der Waals surface area contributed by atoms with E-state index in [1.54, 1.807) is 26.2 Å². The Bertz CT molecular complexity index is 1300. The molecule has 2 aromatic heterocycles. The first-order valence-electron chi connectivity index (χ1n) is 10.8. The molecule has 0 saturated carbocycles. The molecule has 176 valence electrons. The maximum Gasteiger partial charge on any atom is 0.340 e. The van der Waals surface area contributed by atoms with Gasteiger partial charge in [0.25, 0.3) is 0 Å². The standard InChI is InChI=1S/C24H28N2O7/c1-6-11(2)21(23(29)30)26-18(28)9-25-17(27)8-15-14(5)20-16(33-24(15)31)7-12(3)19-13(4)10-32-22(19)20/h7,10-11,21H,6,8-9H2,1-5H3,(H,25,27)(H,26,28)(H,29,30)/t11-,21-/m1/s1. The lowest BCUT2D eigenvalue weighted by Gasteiger charge is -2.20. The molecule has 9 heteroatoms. The van der Waals surface area contributed by atoms with Gasteiger partial charge in [-0.05, 0) is 49.4 Å². The van der Waals surface area contributed by atoms with Gasteiger partial charge in [-0.15, -0.1) is 0 Å². The van der Waals surface area contributed by atoms with E-state index < -0.39 is 36.0 Å². The summed E-state index contributed by atoms with van der Waals surface area (Å²) in [6.07, 6.45) is 1.92. The van der Waals surface area contributed by atoms with Gasteiger partial charge in [0.15, 0.2) is 0 Å². The van der Waals surface area contributed by atoms with Crippen molar-refractivity contribution in [2.75, 3.05) is 6.54 Å². The largest absolute Gasteiger partial charge is 0.480 e. The molecule has 33 heavy (non-hydrogen) atoms. The van der Waals surface area contributed by atoms with Crippen molar-refractivity contribution in [2.24, 2.45) is 5.92 Å². The summed E-state index contributed by atoms with van der Waals surface area (Å²) < 4.78 is 11.2. The fourth-order valence-corrected chi connectivity index (χ4v) is 3.99. The smallest absolute Gasteiger partial charge is 0.340 e. The van der Waals surface area contributed by atoms with E-state index in [-0.39, 0.29) is 17.9 Å². The molecule has 3 N–H and O–H groups in total. The van der Waals surface area contributed by atoms with Gasteiger partial charge in [0.2, 0.25) is 11.8 Å². The van der Waals surface area contributed by atoms with Crippen LogP contribution in [0.15, 0.2) is 26.0 Å². The van der Waals surface area contributed by atoms with Gasteiger partial charge >= 0.3 is 11.6 Å². The third-order valence-corrected chi connectivity index (χ3v) is 6.05. The number of benzene rings is 1. The molecule has 0 unspecified atom stereocenters. The number of amides is 2. The van der Waals surface area contributed by atoms with E-state index in [0.717, 1.165) is 16.5 Å². The minimum atomic E-state index is -1.14. The van der Waals surface area contributed by atoms with E-state index in [1.165, 1.54) is 0 Å². The molecule has 0 bridgehead atoms. The number of furan rings is 1. The molecular formula is C24H28N2O7. The summed E-state index contributed by atoms with van der Waals surface area (Å²) in [6, 6.07) is 0.732. The summed E-state index contributed by atoms with van der Waals surface area (Å²) >= 11 is 0. The zero-order valence-electron chi connectivity index (χ0n) is 19.3. The molecule has 0 aliphatic carbocycles. The van der Waals surface area contributed by atoms with Crippen molar-refractivity contribution in [2.45, 2.75) is 53.5 Å². The van der Waals surface area contributed by atoms with E-state index in [2.05, 4.69) is 10.6 Å². The molecule has 3 rings (SSSR count). The van der Waals surface area contributed by atoms with E-state index in [4.69, 9.17) is 8.83 Å². The monoisotopic (exact) mass is 456 g/mol. The van der Waals surface area contributed by atoms with Gasteiger partial charge in [-0.3, -0.25) is 9.59 Å². The average Bonchev–Trinajstić information content (AvgIpc) is 3.14. The summed E-state index contributed by atoms with van der Waals surface area (Å²) in [6.45, 7) is 8.70. The van der Waals surface area contributed by atoms with Crippen LogP contribution in [0.4, 0.5) is 0 Å². The molecule has 0 fully saturated rings. The number of hydrogen-bond donors (Lipinski definition) is 3. The van der Waals surface area contributed by atoms with E-state index in [0.29, 0.717) is 28.5 Å². The zero-order valence-corrected chi connectivity index (χ0v) is 19.3. The topological polar surface area (TPSA) is 139 Å². The van der Waals surface area contributed by atoms with Crippen molar-refractivity contribution in [1.29, 1.82) is 0 Å². The normalized spacial score (nSPS) is 13.1. The Morgan fingerprint density at radius 1 is 1.09 bits per heavy atom. The second-order valence-electron chi connectivity index (χ2n) is 8.40. The first kappa shape index (κ1) is 24.0. The Labute approximate surface area is 190 Å². The molecule has 0 saturated heterocycles. The quantitative estimate of drug-likeness (QED) is 0.443. The molecule has 0 radical (unpaired) electrons. The van der Waals surface area contributed by atoms with Gasteiger partial charge in [-0.25, -0.2) is 9.59 Å². The Morgan fingerprint density at radius 2 is 1.79 bits per heavy atom. The van der Waals surface area contributed by atoms with Gasteiger partial charge in [0, 0.05) is 5.39 Å². The SMILES string of the molecule is CC[C@@H](C)[C@@H](NC(=O)CNC(=O)Cc1c(C)c2c(cc(C)c3c(C)coc32)oc1=O)C(=O)O. The molecule has 1 aromatic carbocycles. The van der Waals surface area contributed by atoms with Gasteiger partial charge in [-0.2, -0.15) is 0 Å². The fraction of sp³-hybridized carbons (Fsp3) is 0.417. The van der Waals surface area contributed by atoms with Crippen molar-refractivity contribution in [1.82, 2.24) is 10.6 Å². The van der Waals surface area contributed by atoms with E-state index in [1.807, 2.05) is 20.8 Å². The van der Waals surface area contributed by atoms with Gasteiger partial charge in [0.05, 0.1) is 30.2 Å². The van der Waals surface area contributed by atoms with Gasteiger partial charge < -0.3 is 24.6 Å². The number of carbonyl (C=O) groups is 3. The summed E-state index contributed by atoms with van der Waals surface area (Å²) in [7, 11) is 0. The second kappa shape index (κ2) is 9.48. The van der Waals surface area contributed by atoms with Crippen LogP contribution in [0.1, 0.15) is 42.5 Å². The summed E-state index contributed by atoms with van der Waals surface area (Å²) in [5.41, 5.74) is 2.95. The molecule has 9 nitrogen and oxygen atoms in total. The van der Waals surface area contributed by atoms with Crippen molar-refractivity contribution >= 4 is 39.7 Å². The summed E-state index contributed by atoms with van der Waals surface area (Å²) in [5.74, 6) is -2.59. The van der Waals surface area contributed by atoms with Crippen LogP contribution in [0.2, 0.25) is 0 Å². The minimum Gasteiger partial charge on any atom is -0.480 e. The number of fused-ring (bicyclic) bond motifs is 3. The highest BCUT2D eigenvalue weighted by molar-refractivity contribution is 6.07. The number of aliphatic carboxylic acids is 1. The zero-order chi connectivity index (χ0) is 24.4.